The largest absolute Gasteiger partial charge is 0.358 e. The number of likely N-dealkylation sites (N-methyl/N-ethyl adjacent to an activating group) is 1. The number of carbonyl (C=O) groups excluding carboxylic acids is 3. The van der Waals surface area contributed by atoms with Crippen LogP contribution in [0.25, 0.3) is 0 Å². The van der Waals surface area contributed by atoms with E-state index in [2.05, 4.69) is 16.2 Å². The van der Waals surface area contributed by atoms with Gasteiger partial charge in [-0.15, -0.1) is 0 Å². The molecule has 0 bridgehead atoms. The van der Waals surface area contributed by atoms with E-state index in [1.807, 2.05) is 34.6 Å². The topological polar surface area (TPSA) is 120 Å². The number of hydroxylamine groups is 1. The van der Waals surface area contributed by atoms with Gasteiger partial charge in [-0.3, -0.25) is 25.0 Å². The number of hydrogen-bond acceptors (Lipinski definition) is 5. The SMILES string of the molecule is CNC(=O)[C@@H](NNC(=O)C(CC(=O)NO)CC(C)C)C(C)(C)C. The molecular weight excluding hydrogens is 300 g/mol. The molecule has 8 heteroatoms. The molecule has 0 aliphatic rings. The van der Waals surface area contributed by atoms with E-state index in [0.29, 0.717) is 6.42 Å². The van der Waals surface area contributed by atoms with Gasteiger partial charge in [-0.05, 0) is 17.8 Å². The fourth-order valence-electron chi connectivity index (χ4n) is 2.19. The van der Waals surface area contributed by atoms with Crippen molar-refractivity contribution in [3.05, 3.63) is 0 Å². The van der Waals surface area contributed by atoms with Crippen molar-refractivity contribution < 1.29 is 19.6 Å². The summed E-state index contributed by atoms with van der Waals surface area (Å²) in [6.45, 7) is 9.49. The molecule has 5 N–H and O–H groups in total. The van der Waals surface area contributed by atoms with Gasteiger partial charge in [0.1, 0.15) is 6.04 Å². The van der Waals surface area contributed by atoms with Crippen LogP contribution in [0.15, 0.2) is 0 Å². The number of carbonyl (C=O) groups is 3. The van der Waals surface area contributed by atoms with Crippen molar-refractivity contribution in [2.75, 3.05) is 7.05 Å². The summed E-state index contributed by atoms with van der Waals surface area (Å²) < 4.78 is 0. The number of amides is 3. The Hall–Kier alpha value is -1.67. The van der Waals surface area contributed by atoms with Crippen LogP contribution in [0.3, 0.4) is 0 Å². The Kier molecular flexibility index (Phi) is 8.78. The second-order valence-corrected chi connectivity index (χ2v) is 7.11. The Morgan fingerprint density at radius 3 is 2.04 bits per heavy atom. The van der Waals surface area contributed by atoms with Crippen molar-refractivity contribution in [3.8, 4) is 0 Å². The standard InChI is InChI=1S/C15H30N4O4/c1-9(2)7-10(8-11(20)19-23)13(21)18-17-12(14(22)16-6)15(3,4)5/h9-10,12,17,23H,7-8H2,1-6H3,(H,16,22)(H,18,21)(H,19,20)/t10?,12-/m1/s1. The molecule has 0 heterocycles. The first-order chi connectivity index (χ1) is 10.5. The van der Waals surface area contributed by atoms with E-state index in [4.69, 9.17) is 5.21 Å². The summed E-state index contributed by atoms with van der Waals surface area (Å²) in [6.07, 6.45) is 0.365. The van der Waals surface area contributed by atoms with Crippen molar-refractivity contribution in [1.29, 1.82) is 0 Å². The van der Waals surface area contributed by atoms with Crippen LogP contribution >= 0.6 is 0 Å². The van der Waals surface area contributed by atoms with Gasteiger partial charge in [-0.2, -0.15) is 0 Å². The Morgan fingerprint density at radius 1 is 1.09 bits per heavy atom. The molecule has 0 saturated carbocycles. The lowest BCUT2D eigenvalue weighted by Gasteiger charge is -2.30. The van der Waals surface area contributed by atoms with Gasteiger partial charge in [-0.1, -0.05) is 34.6 Å². The Morgan fingerprint density at radius 2 is 1.65 bits per heavy atom. The van der Waals surface area contributed by atoms with Crippen LogP contribution in [0.1, 0.15) is 47.5 Å². The molecule has 0 fully saturated rings. The first-order valence-electron chi connectivity index (χ1n) is 7.72. The first-order valence-corrected chi connectivity index (χ1v) is 7.72. The monoisotopic (exact) mass is 330 g/mol. The Labute approximate surface area is 137 Å². The summed E-state index contributed by atoms with van der Waals surface area (Å²) in [7, 11) is 1.53. The number of rotatable bonds is 8. The predicted octanol–water partition coefficient (Wildman–Crippen LogP) is 0.326. The van der Waals surface area contributed by atoms with Gasteiger partial charge < -0.3 is 5.32 Å². The highest BCUT2D eigenvalue weighted by atomic mass is 16.5. The second-order valence-electron chi connectivity index (χ2n) is 7.11. The lowest BCUT2D eigenvalue weighted by atomic mass is 9.86. The molecule has 0 spiro atoms. The van der Waals surface area contributed by atoms with E-state index in [1.165, 1.54) is 12.5 Å². The van der Waals surface area contributed by atoms with Crippen LogP contribution in [-0.2, 0) is 14.4 Å². The zero-order valence-electron chi connectivity index (χ0n) is 14.8. The average molecular weight is 330 g/mol. The fourth-order valence-corrected chi connectivity index (χ4v) is 2.19. The molecule has 0 aromatic rings. The zero-order valence-corrected chi connectivity index (χ0v) is 14.8. The van der Waals surface area contributed by atoms with Crippen molar-refractivity contribution in [1.82, 2.24) is 21.6 Å². The molecule has 134 valence electrons. The first kappa shape index (κ1) is 21.3. The summed E-state index contributed by atoms with van der Waals surface area (Å²) in [4.78, 5) is 35.6. The molecule has 0 aromatic heterocycles. The van der Waals surface area contributed by atoms with Gasteiger partial charge in [0.25, 0.3) is 0 Å². The molecular formula is C15H30N4O4. The molecule has 0 aromatic carbocycles. The normalized spacial score (nSPS) is 14.1. The Bertz CT molecular complexity index is 418. The summed E-state index contributed by atoms with van der Waals surface area (Å²) in [5.74, 6) is -1.65. The van der Waals surface area contributed by atoms with E-state index in [0.717, 1.165) is 0 Å². The van der Waals surface area contributed by atoms with Crippen molar-refractivity contribution >= 4 is 17.7 Å². The molecule has 2 atom stereocenters. The quantitative estimate of drug-likeness (QED) is 0.324. The summed E-state index contributed by atoms with van der Waals surface area (Å²) >= 11 is 0. The molecule has 0 aliphatic carbocycles. The van der Waals surface area contributed by atoms with Gasteiger partial charge in [0.2, 0.25) is 17.7 Å². The lowest BCUT2D eigenvalue weighted by molar-refractivity contribution is -0.136. The third kappa shape index (κ3) is 7.94. The van der Waals surface area contributed by atoms with Crippen LogP contribution < -0.4 is 21.6 Å². The maximum Gasteiger partial charge on any atom is 0.244 e. The third-order valence-corrected chi connectivity index (χ3v) is 3.40. The third-order valence-electron chi connectivity index (χ3n) is 3.40. The van der Waals surface area contributed by atoms with Crippen LogP contribution in [0.5, 0.6) is 0 Å². The van der Waals surface area contributed by atoms with Crippen molar-refractivity contribution in [2.45, 2.75) is 53.5 Å². The summed E-state index contributed by atoms with van der Waals surface area (Å²) in [6, 6.07) is -0.622. The number of hydrazine groups is 1. The molecule has 1 unspecified atom stereocenters. The molecule has 23 heavy (non-hydrogen) atoms. The van der Waals surface area contributed by atoms with Crippen LogP contribution in [-0.4, -0.2) is 36.0 Å². The van der Waals surface area contributed by atoms with Crippen LogP contribution in [0.2, 0.25) is 0 Å². The molecule has 0 saturated heterocycles. The lowest BCUT2D eigenvalue weighted by Crippen LogP contribution is -2.57. The van der Waals surface area contributed by atoms with Crippen LogP contribution in [0, 0.1) is 17.3 Å². The maximum atomic E-state index is 12.3. The second kappa shape index (κ2) is 9.46. The van der Waals surface area contributed by atoms with E-state index >= 15 is 0 Å². The smallest absolute Gasteiger partial charge is 0.244 e. The van der Waals surface area contributed by atoms with Gasteiger partial charge in [-0.25, -0.2) is 10.9 Å². The predicted molar refractivity (Wildman–Crippen MR) is 86.1 cm³/mol. The molecule has 0 radical (unpaired) electrons. The van der Waals surface area contributed by atoms with Gasteiger partial charge >= 0.3 is 0 Å². The number of hydrogen-bond donors (Lipinski definition) is 5. The van der Waals surface area contributed by atoms with E-state index in [-0.39, 0.29) is 24.2 Å². The van der Waals surface area contributed by atoms with Gasteiger partial charge in [0.05, 0.1) is 0 Å². The minimum absolute atomic E-state index is 0.123. The van der Waals surface area contributed by atoms with E-state index < -0.39 is 23.3 Å². The molecule has 8 nitrogen and oxygen atoms in total. The van der Waals surface area contributed by atoms with Crippen molar-refractivity contribution in [3.63, 3.8) is 0 Å². The maximum absolute atomic E-state index is 12.3. The minimum Gasteiger partial charge on any atom is -0.358 e. The zero-order chi connectivity index (χ0) is 18.2. The fraction of sp³-hybridized carbons (Fsp3) is 0.800. The summed E-state index contributed by atoms with van der Waals surface area (Å²) in [5, 5.41) is 11.2. The molecule has 0 aliphatic heterocycles. The summed E-state index contributed by atoms with van der Waals surface area (Å²) in [5.41, 5.74) is 6.40. The van der Waals surface area contributed by atoms with Crippen molar-refractivity contribution in [2.24, 2.45) is 17.3 Å². The average Bonchev–Trinajstić information content (AvgIpc) is 2.43. The van der Waals surface area contributed by atoms with Crippen LogP contribution in [0.4, 0.5) is 0 Å². The van der Waals surface area contributed by atoms with Gasteiger partial charge in [0.15, 0.2) is 0 Å². The highest BCUT2D eigenvalue weighted by Crippen LogP contribution is 2.19. The Balaban J connectivity index is 4.88. The van der Waals surface area contributed by atoms with Gasteiger partial charge in [0, 0.05) is 19.4 Å². The van der Waals surface area contributed by atoms with E-state index in [1.54, 1.807) is 0 Å². The minimum atomic E-state index is -0.622. The highest BCUT2D eigenvalue weighted by Gasteiger charge is 2.32. The molecule has 0 rings (SSSR count). The van der Waals surface area contributed by atoms with E-state index in [9.17, 15) is 14.4 Å². The number of nitrogens with one attached hydrogen (secondary N) is 4. The highest BCUT2D eigenvalue weighted by molar-refractivity contribution is 5.86. The molecule has 3 amide bonds.